The van der Waals surface area contributed by atoms with Crippen LogP contribution in [0.2, 0.25) is 0 Å². The van der Waals surface area contributed by atoms with Crippen LogP contribution < -0.4 is 5.32 Å². The average molecular weight is 429 g/mol. The van der Waals surface area contributed by atoms with Crippen LogP contribution in [0.5, 0.6) is 0 Å². The van der Waals surface area contributed by atoms with Crippen LogP contribution in [-0.2, 0) is 4.79 Å². The number of amides is 1. The Kier molecular flexibility index (Phi) is 8.91. The fourth-order valence-corrected chi connectivity index (χ4v) is 5.32. The second kappa shape index (κ2) is 11.6. The molecule has 5 nitrogen and oxygen atoms in total. The summed E-state index contributed by atoms with van der Waals surface area (Å²) >= 11 is 1.71. The van der Waals surface area contributed by atoms with E-state index in [0.717, 1.165) is 43.1 Å². The number of aryl methyl sites for hydroxylation is 2. The van der Waals surface area contributed by atoms with Crippen LogP contribution in [-0.4, -0.2) is 22.5 Å². The maximum Gasteiger partial charge on any atom is 0.219 e. The Morgan fingerprint density at radius 1 is 0.967 bits per heavy atom. The topological polar surface area (TPSA) is 66.2 Å². The lowest BCUT2D eigenvalue weighted by molar-refractivity contribution is -0.121. The smallest absolute Gasteiger partial charge is 0.219 e. The van der Waals surface area contributed by atoms with Crippen molar-refractivity contribution >= 4 is 28.5 Å². The zero-order valence-electron chi connectivity index (χ0n) is 18.6. The lowest BCUT2D eigenvalue weighted by Gasteiger charge is -2.23. The van der Waals surface area contributed by atoms with Crippen LogP contribution in [0.25, 0.3) is 0 Å². The van der Waals surface area contributed by atoms with Crippen molar-refractivity contribution in [3.8, 4) is 0 Å². The van der Waals surface area contributed by atoms with Crippen LogP contribution in [0.3, 0.4) is 0 Å². The highest BCUT2D eigenvalue weighted by molar-refractivity contribution is 8.15. The molecule has 0 saturated carbocycles. The van der Waals surface area contributed by atoms with Crippen molar-refractivity contribution in [3.63, 3.8) is 0 Å². The number of benzene rings is 1. The third kappa shape index (κ3) is 7.22. The van der Waals surface area contributed by atoms with Gasteiger partial charge in [-0.25, -0.2) is 4.99 Å². The molecule has 164 valence electrons. The molecule has 1 unspecified atom stereocenters. The summed E-state index contributed by atoms with van der Waals surface area (Å²) < 4.78 is 0. The summed E-state index contributed by atoms with van der Waals surface area (Å²) in [5.74, 6) is 0.189. The van der Waals surface area contributed by atoms with Gasteiger partial charge in [0.1, 0.15) is 4.87 Å². The van der Waals surface area contributed by atoms with E-state index in [1.807, 2.05) is 0 Å². The maximum atomic E-state index is 12.0. The van der Waals surface area contributed by atoms with Crippen molar-refractivity contribution < 1.29 is 4.79 Å². The van der Waals surface area contributed by atoms with Gasteiger partial charge in [0.05, 0.1) is 5.69 Å². The second-order valence-corrected chi connectivity index (χ2v) is 10.0. The molecule has 0 bridgehead atoms. The summed E-state index contributed by atoms with van der Waals surface area (Å²) in [6, 6.07) is 6.31. The lowest BCUT2D eigenvalue weighted by Crippen LogP contribution is -2.27. The first-order chi connectivity index (χ1) is 14.6. The minimum absolute atomic E-state index is 0.189. The van der Waals surface area contributed by atoms with E-state index in [9.17, 15) is 4.79 Å². The van der Waals surface area contributed by atoms with Gasteiger partial charge in [-0.3, -0.25) is 4.79 Å². The van der Waals surface area contributed by atoms with E-state index in [1.165, 1.54) is 56.1 Å². The molecule has 6 heteroatoms. The zero-order valence-corrected chi connectivity index (χ0v) is 19.4. The number of rotatable bonds is 1. The highest BCUT2D eigenvalue weighted by atomic mass is 32.2. The van der Waals surface area contributed by atoms with E-state index in [4.69, 9.17) is 10.1 Å². The molecule has 0 aliphatic carbocycles. The molecule has 2 aliphatic rings. The highest BCUT2D eigenvalue weighted by Gasteiger charge is 2.36. The molecule has 1 aromatic rings. The van der Waals surface area contributed by atoms with Gasteiger partial charge < -0.3 is 5.32 Å². The largest absolute Gasteiger partial charge is 0.356 e. The van der Waals surface area contributed by atoms with Gasteiger partial charge in [0.2, 0.25) is 11.1 Å². The van der Waals surface area contributed by atoms with Gasteiger partial charge in [0.15, 0.2) is 0 Å². The number of nitrogens with zero attached hydrogens (tertiary/aromatic N) is 3. The Balaban J connectivity index is 1.63. The maximum absolute atomic E-state index is 12.0. The van der Waals surface area contributed by atoms with Crippen LogP contribution in [0, 0.1) is 13.8 Å². The monoisotopic (exact) mass is 428 g/mol. The summed E-state index contributed by atoms with van der Waals surface area (Å²) in [4.78, 5) is 16.6. The molecule has 3 rings (SSSR count). The summed E-state index contributed by atoms with van der Waals surface area (Å²) in [7, 11) is 0. The van der Waals surface area contributed by atoms with Crippen molar-refractivity contribution in [2.24, 2.45) is 15.2 Å². The molecule has 1 amide bonds. The van der Waals surface area contributed by atoms with Crippen molar-refractivity contribution in [1.82, 2.24) is 5.32 Å². The fourth-order valence-electron chi connectivity index (χ4n) is 4.18. The lowest BCUT2D eigenvalue weighted by atomic mass is 10.0. The van der Waals surface area contributed by atoms with Crippen molar-refractivity contribution in [2.75, 3.05) is 6.54 Å². The van der Waals surface area contributed by atoms with Crippen molar-refractivity contribution in [2.45, 2.75) is 95.8 Å². The number of carbonyl (C=O) groups excluding carboxylic acids is 1. The van der Waals surface area contributed by atoms with Gasteiger partial charge in [-0.1, -0.05) is 74.4 Å². The Morgan fingerprint density at radius 2 is 1.67 bits per heavy atom. The van der Waals surface area contributed by atoms with E-state index >= 15 is 0 Å². The van der Waals surface area contributed by atoms with Gasteiger partial charge in [-0.15, -0.1) is 5.11 Å². The van der Waals surface area contributed by atoms with Crippen LogP contribution in [0.1, 0.15) is 88.2 Å². The predicted molar refractivity (Wildman–Crippen MR) is 127 cm³/mol. The summed E-state index contributed by atoms with van der Waals surface area (Å²) in [6.45, 7) is 4.91. The Bertz CT molecular complexity index is 776. The average Bonchev–Trinajstić information content (AvgIpc) is 3.11. The number of aliphatic imine (C=N–C) groups is 1. The second-order valence-electron chi connectivity index (χ2n) is 8.71. The van der Waals surface area contributed by atoms with Gasteiger partial charge in [0, 0.05) is 13.0 Å². The molecular weight excluding hydrogens is 392 g/mol. The number of hydrogen-bond donors (Lipinski definition) is 1. The molecule has 1 spiro atoms. The normalized spacial score (nSPS) is 26.2. The van der Waals surface area contributed by atoms with E-state index in [-0.39, 0.29) is 10.8 Å². The highest BCUT2D eigenvalue weighted by Crippen LogP contribution is 2.44. The number of nitrogens with one attached hydrogen (secondary N) is 1. The molecule has 1 atom stereocenters. The third-order valence-corrected chi connectivity index (χ3v) is 7.18. The standard InChI is InChI=1S/C24H36N4OS/c1-19-13-14-21(20(2)18-19)26-23-27-28-24(30-23)15-10-8-6-4-3-5-7-9-12-22(29)25-17-11-16-24/h13-14,18H,3-12,15-17H2,1-2H3,(H,25,29). The molecule has 30 heavy (non-hydrogen) atoms. The molecule has 2 aliphatic heterocycles. The van der Waals surface area contributed by atoms with Gasteiger partial charge in [-0.05, 0) is 51.2 Å². The first kappa shape index (κ1) is 23.0. The summed E-state index contributed by atoms with van der Waals surface area (Å²) in [6.07, 6.45) is 13.3. The molecule has 1 fully saturated rings. The van der Waals surface area contributed by atoms with E-state index in [1.54, 1.807) is 11.8 Å². The minimum Gasteiger partial charge on any atom is -0.356 e. The third-order valence-electron chi connectivity index (χ3n) is 5.96. The molecule has 1 aromatic carbocycles. The molecule has 1 N–H and O–H groups in total. The SMILES string of the molecule is Cc1ccc(N=C2N=NC3(CCCCCCCCCCC(=O)NCCC3)S2)c(C)c1. The van der Waals surface area contributed by atoms with E-state index in [2.05, 4.69) is 42.5 Å². The van der Waals surface area contributed by atoms with Gasteiger partial charge in [0.25, 0.3) is 0 Å². The Hall–Kier alpha value is -1.69. The number of carbonyl (C=O) groups is 1. The molecule has 0 radical (unpaired) electrons. The van der Waals surface area contributed by atoms with Crippen molar-refractivity contribution in [3.05, 3.63) is 29.3 Å². The van der Waals surface area contributed by atoms with Gasteiger partial charge in [-0.2, -0.15) is 5.11 Å². The van der Waals surface area contributed by atoms with Crippen LogP contribution in [0.4, 0.5) is 5.69 Å². The number of hydrogen-bond acceptors (Lipinski definition) is 4. The number of amidine groups is 1. The minimum atomic E-state index is -0.223. The fraction of sp³-hybridized carbons (Fsp3) is 0.667. The van der Waals surface area contributed by atoms with Crippen LogP contribution >= 0.6 is 11.8 Å². The van der Waals surface area contributed by atoms with Gasteiger partial charge >= 0.3 is 0 Å². The number of azo groups is 1. The first-order valence-corrected chi connectivity index (χ1v) is 12.4. The predicted octanol–water partition coefficient (Wildman–Crippen LogP) is 7.00. The molecule has 2 heterocycles. The summed E-state index contributed by atoms with van der Waals surface area (Å²) in [5, 5.41) is 13.0. The zero-order chi connectivity index (χ0) is 21.2. The first-order valence-electron chi connectivity index (χ1n) is 11.6. The van der Waals surface area contributed by atoms with E-state index < -0.39 is 0 Å². The Morgan fingerprint density at radius 3 is 2.43 bits per heavy atom. The molecular formula is C24H36N4OS. The quantitative estimate of drug-likeness (QED) is 0.523. The van der Waals surface area contributed by atoms with Crippen molar-refractivity contribution in [1.29, 1.82) is 0 Å². The summed E-state index contributed by atoms with van der Waals surface area (Å²) in [5.41, 5.74) is 3.38. The van der Waals surface area contributed by atoms with E-state index in [0.29, 0.717) is 6.42 Å². The number of thioether (sulfide) groups is 1. The Labute approximate surface area is 185 Å². The molecule has 1 saturated heterocycles. The molecule has 0 aromatic heterocycles. The van der Waals surface area contributed by atoms with Crippen LogP contribution in [0.15, 0.2) is 33.4 Å².